The third-order valence-electron chi connectivity index (χ3n) is 4.21. The molecule has 0 spiro atoms. The lowest BCUT2D eigenvalue weighted by molar-refractivity contribution is 0.398. The van der Waals surface area contributed by atoms with Crippen molar-refractivity contribution in [1.82, 2.24) is 14.5 Å². The number of nitrogens with zero attached hydrogens (tertiary/aromatic N) is 2. The summed E-state index contributed by atoms with van der Waals surface area (Å²) in [5, 5.41) is 1.52. The maximum Gasteiger partial charge on any atom is 0.255 e. The van der Waals surface area contributed by atoms with E-state index in [-0.39, 0.29) is 5.56 Å². The predicted octanol–water partition coefficient (Wildman–Crippen LogP) is 3.23. The number of ether oxygens (including phenoxy) is 1. The second-order valence-electron chi connectivity index (χ2n) is 5.62. The molecule has 0 aliphatic rings. The maximum atomic E-state index is 14.5. The van der Waals surface area contributed by atoms with Crippen LogP contribution in [0.4, 0.5) is 4.39 Å². The Labute approximate surface area is 136 Å². The lowest BCUT2D eigenvalue weighted by Gasteiger charge is -2.05. The van der Waals surface area contributed by atoms with Crippen molar-refractivity contribution in [2.75, 3.05) is 7.11 Å². The van der Waals surface area contributed by atoms with Crippen LogP contribution in [-0.4, -0.2) is 21.6 Å². The number of hydrogen-bond donors (Lipinski definition) is 1. The number of aryl methyl sites for hydroxylation is 1. The van der Waals surface area contributed by atoms with E-state index in [1.807, 2.05) is 23.9 Å². The van der Waals surface area contributed by atoms with Gasteiger partial charge < -0.3 is 14.3 Å². The first-order valence-corrected chi connectivity index (χ1v) is 7.39. The number of benzene rings is 1. The average molecular weight is 323 g/mol. The van der Waals surface area contributed by atoms with Crippen molar-refractivity contribution in [3.05, 3.63) is 59.0 Å². The summed E-state index contributed by atoms with van der Waals surface area (Å²) in [5.41, 5.74) is 2.04. The highest BCUT2D eigenvalue weighted by molar-refractivity contribution is 5.98. The maximum absolute atomic E-state index is 14.5. The molecule has 0 saturated heterocycles. The fourth-order valence-electron chi connectivity index (χ4n) is 3.01. The summed E-state index contributed by atoms with van der Waals surface area (Å²) in [5.74, 6) is 0.0562. The number of H-pyrrole nitrogens is 1. The van der Waals surface area contributed by atoms with Gasteiger partial charge in [0.05, 0.1) is 24.2 Å². The van der Waals surface area contributed by atoms with Crippen molar-refractivity contribution < 1.29 is 9.13 Å². The second-order valence-corrected chi connectivity index (χ2v) is 5.62. The van der Waals surface area contributed by atoms with Gasteiger partial charge in [-0.3, -0.25) is 4.79 Å². The standard InChI is InChI=1S/C18H14FN3O2/c1-22-9-14(12-7-17(24-2)21-8-16(12)22)10-5-13-11(15(19)6-10)3-4-20-18(13)23/h3-9H,1-2H3,(H,20,23). The Morgan fingerprint density at radius 3 is 2.83 bits per heavy atom. The number of aromatic nitrogens is 3. The van der Waals surface area contributed by atoms with E-state index in [9.17, 15) is 9.18 Å². The first-order valence-electron chi connectivity index (χ1n) is 7.39. The van der Waals surface area contributed by atoms with Gasteiger partial charge in [-0.25, -0.2) is 9.37 Å². The summed E-state index contributed by atoms with van der Waals surface area (Å²) in [6, 6.07) is 6.52. The number of rotatable bonds is 2. The SMILES string of the molecule is COc1cc2c(-c3cc(F)c4cc[nH]c(=O)c4c3)cn(C)c2cn1. The number of fused-ring (bicyclic) bond motifs is 2. The van der Waals surface area contributed by atoms with Crippen LogP contribution in [0.3, 0.4) is 0 Å². The van der Waals surface area contributed by atoms with Crippen LogP contribution in [0.2, 0.25) is 0 Å². The molecule has 1 N–H and O–H groups in total. The summed E-state index contributed by atoms with van der Waals surface area (Å²) >= 11 is 0. The summed E-state index contributed by atoms with van der Waals surface area (Å²) in [6.45, 7) is 0. The van der Waals surface area contributed by atoms with Gasteiger partial charge in [-0.15, -0.1) is 0 Å². The Bertz CT molecular complexity index is 1140. The Hall–Kier alpha value is -3.15. The van der Waals surface area contributed by atoms with Crippen LogP contribution in [0.15, 0.2) is 47.7 Å². The van der Waals surface area contributed by atoms with E-state index >= 15 is 0 Å². The number of hydrogen-bond acceptors (Lipinski definition) is 3. The zero-order valence-corrected chi connectivity index (χ0v) is 13.1. The van der Waals surface area contributed by atoms with E-state index < -0.39 is 5.82 Å². The lowest BCUT2D eigenvalue weighted by Crippen LogP contribution is -2.05. The van der Waals surface area contributed by atoms with Crippen LogP contribution in [-0.2, 0) is 7.05 Å². The topological polar surface area (TPSA) is 59.9 Å². The average Bonchev–Trinajstić information content (AvgIpc) is 2.92. The molecule has 0 radical (unpaired) electrons. The molecule has 0 aliphatic carbocycles. The number of methoxy groups -OCH3 is 1. The largest absolute Gasteiger partial charge is 0.481 e. The quantitative estimate of drug-likeness (QED) is 0.616. The van der Waals surface area contributed by atoms with Gasteiger partial charge in [0.25, 0.3) is 5.56 Å². The van der Waals surface area contributed by atoms with Crippen molar-refractivity contribution in [2.24, 2.45) is 7.05 Å². The monoisotopic (exact) mass is 323 g/mol. The van der Waals surface area contributed by atoms with Gasteiger partial charge in [0, 0.05) is 41.8 Å². The molecule has 0 fully saturated rings. The molecule has 4 rings (SSSR count). The van der Waals surface area contributed by atoms with Crippen LogP contribution >= 0.6 is 0 Å². The summed E-state index contributed by atoms with van der Waals surface area (Å²) < 4.78 is 21.6. The number of nitrogens with one attached hydrogen (secondary N) is 1. The van der Waals surface area contributed by atoms with Crippen LogP contribution < -0.4 is 10.3 Å². The van der Waals surface area contributed by atoms with E-state index in [1.54, 1.807) is 25.4 Å². The van der Waals surface area contributed by atoms with Crippen molar-refractivity contribution in [2.45, 2.75) is 0 Å². The highest BCUT2D eigenvalue weighted by Gasteiger charge is 2.14. The summed E-state index contributed by atoms with van der Waals surface area (Å²) in [7, 11) is 3.44. The van der Waals surface area contributed by atoms with Gasteiger partial charge in [0.1, 0.15) is 5.82 Å². The third-order valence-corrected chi connectivity index (χ3v) is 4.21. The second kappa shape index (κ2) is 5.19. The molecular weight excluding hydrogens is 309 g/mol. The highest BCUT2D eigenvalue weighted by Crippen LogP contribution is 2.33. The van der Waals surface area contributed by atoms with Crippen LogP contribution in [0.5, 0.6) is 5.88 Å². The molecule has 0 amide bonds. The Morgan fingerprint density at radius 1 is 1.21 bits per heavy atom. The van der Waals surface area contributed by atoms with E-state index in [4.69, 9.17) is 4.74 Å². The van der Waals surface area contributed by atoms with Crippen molar-refractivity contribution in [3.8, 4) is 17.0 Å². The first-order chi connectivity index (χ1) is 11.6. The van der Waals surface area contributed by atoms with Crippen LogP contribution in [0, 0.1) is 5.82 Å². The van der Waals surface area contributed by atoms with Crippen LogP contribution in [0.1, 0.15) is 0 Å². The zero-order chi connectivity index (χ0) is 16.8. The van der Waals surface area contributed by atoms with E-state index in [2.05, 4.69) is 9.97 Å². The molecule has 3 heterocycles. The van der Waals surface area contributed by atoms with Crippen LogP contribution in [0.25, 0.3) is 32.8 Å². The lowest BCUT2D eigenvalue weighted by atomic mass is 10.0. The van der Waals surface area contributed by atoms with Gasteiger partial charge in [0.2, 0.25) is 5.88 Å². The molecule has 3 aromatic heterocycles. The molecule has 0 saturated carbocycles. The minimum atomic E-state index is -0.424. The molecule has 6 heteroatoms. The van der Waals surface area contributed by atoms with E-state index in [0.29, 0.717) is 22.2 Å². The predicted molar refractivity (Wildman–Crippen MR) is 90.8 cm³/mol. The summed E-state index contributed by atoms with van der Waals surface area (Å²) in [4.78, 5) is 18.8. The van der Waals surface area contributed by atoms with Gasteiger partial charge in [0.15, 0.2) is 0 Å². The van der Waals surface area contributed by atoms with Gasteiger partial charge in [-0.1, -0.05) is 0 Å². The Morgan fingerprint density at radius 2 is 2.04 bits per heavy atom. The molecule has 5 nitrogen and oxygen atoms in total. The third kappa shape index (κ3) is 2.07. The Kier molecular flexibility index (Phi) is 3.13. The van der Waals surface area contributed by atoms with Crippen molar-refractivity contribution in [3.63, 3.8) is 0 Å². The minimum absolute atomic E-state index is 0.307. The van der Waals surface area contributed by atoms with Crippen molar-refractivity contribution in [1.29, 1.82) is 0 Å². The molecule has 0 bridgehead atoms. The highest BCUT2D eigenvalue weighted by atomic mass is 19.1. The molecule has 4 aromatic rings. The van der Waals surface area contributed by atoms with Gasteiger partial charge >= 0.3 is 0 Å². The van der Waals surface area contributed by atoms with E-state index in [0.717, 1.165) is 16.5 Å². The Balaban J connectivity index is 2.06. The molecule has 1 aromatic carbocycles. The molecule has 0 atom stereocenters. The fourth-order valence-corrected chi connectivity index (χ4v) is 3.01. The molecular formula is C18H14FN3O2. The molecule has 120 valence electrons. The minimum Gasteiger partial charge on any atom is -0.481 e. The van der Waals surface area contributed by atoms with Gasteiger partial charge in [-0.2, -0.15) is 0 Å². The van der Waals surface area contributed by atoms with Gasteiger partial charge in [-0.05, 0) is 23.8 Å². The van der Waals surface area contributed by atoms with E-state index in [1.165, 1.54) is 12.3 Å². The number of aromatic amines is 1. The molecule has 0 aliphatic heterocycles. The molecule has 24 heavy (non-hydrogen) atoms. The summed E-state index contributed by atoms with van der Waals surface area (Å²) in [6.07, 6.45) is 5.05. The normalized spacial score (nSPS) is 11.3. The number of pyridine rings is 2. The smallest absolute Gasteiger partial charge is 0.255 e. The first kappa shape index (κ1) is 14.4. The number of halogens is 1. The molecule has 0 unspecified atom stereocenters. The zero-order valence-electron chi connectivity index (χ0n) is 13.1. The fraction of sp³-hybridized carbons (Fsp3) is 0.111. The van der Waals surface area contributed by atoms with Crippen molar-refractivity contribution >= 4 is 21.7 Å².